The van der Waals surface area contributed by atoms with Crippen molar-refractivity contribution in [2.24, 2.45) is 0 Å². The van der Waals surface area contributed by atoms with Gasteiger partial charge in [-0.05, 0) is 6.07 Å². The van der Waals surface area contributed by atoms with Crippen LogP contribution in [-0.4, -0.2) is 35.9 Å². The second-order valence-corrected chi connectivity index (χ2v) is 1.24. The van der Waals surface area contributed by atoms with E-state index in [2.05, 4.69) is 9.97 Å². The van der Waals surface area contributed by atoms with Crippen LogP contribution in [0.2, 0.25) is 0 Å². The van der Waals surface area contributed by atoms with Crippen LogP contribution in [0.1, 0.15) is 0 Å². The molecule has 0 saturated carbocycles. The molecular weight excluding hydrogens is 111 g/mol. The van der Waals surface area contributed by atoms with E-state index in [1.54, 1.807) is 18.5 Å². The number of aromatic nitrogens is 2. The molecule has 0 fully saturated rings. The third-order valence-corrected chi connectivity index (χ3v) is 0.725. The van der Waals surface area contributed by atoms with Crippen LogP contribution in [0.3, 0.4) is 0 Å². The van der Waals surface area contributed by atoms with Gasteiger partial charge in [0.05, 0.1) is 7.11 Å². The molecule has 3 nitrogen and oxygen atoms in total. The predicted octanol–water partition coefficient (Wildman–Crippen LogP) is -0.163. The van der Waals surface area contributed by atoms with Crippen LogP contribution in [0.25, 0.3) is 0 Å². The quantitative estimate of drug-likeness (QED) is 0.480. The van der Waals surface area contributed by atoms with Crippen LogP contribution in [0, 0.1) is 0 Å². The molecule has 0 aromatic carbocycles. The molecular formula is C5H7LiN2O. The summed E-state index contributed by atoms with van der Waals surface area (Å²) >= 11 is 0. The molecule has 0 unspecified atom stereocenters. The van der Waals surface area contributed by atoms with E-state index in [4.69, 9.17) is 4.74 Å². The molecule has 1 aromatic heterocycles. The van der Waals surface area contributed by atoms with Gasteiger partial charge >= 0.3 is 24.9 Å². The first-order chi connectivity index (χ1) is 3.93. The Morgan fingerprint density at radius 1 is 1.33 bits per heavy atom. The summed E-state index contributed by atoms with van der Waals surface area (Å²) in [5.41, 5.74) is 0. The molecule has 0 spiro atoms. The molecule has 1 aromatic rings. The Morgan fingerprint density at radius 3 is 2.22 bits per heavy atom. The van der Waals surface area contributed by atoms with Gasteiger partial charge in [0.15, 0.2) is 0 Å². The molecule has 9 heavy (non-hydrogen) atoms. The van der Waals surface area contributed by atoms with Crippen molar-refractivity contribution in [2.75, 3.05) is 7.11 Å². The van der Waals surface area contributed by atoms with E-state index in [0.29, 0.717) is 6.01 Å². The number of rotatable bonds is 1. The standard InChI is InChI=1S/C5H6N2O.Li.H/c1-8-5-6-3-2-4-7-5;;/h2-4H,1H3;;. The van der Waals surface area contributed by atoms with Gasteiger partial charge in [-0.25, -0.2) is 9.97 Å². The van der Waals surface area contributed by atoms with Crippen molar-refractivity contribution in [3.8, 4) is 6.01 Å². The van der Waals surface area contributed by atoms with Crippen LogP contribution >= 0.6 is 0 Å². The first kappa shape index (κ1) is 8.48. The number of hydrogen-bond acceptors (Lipinski definition) is 3. The van der Waals surface area contributed by atoms with Crippen molar-refractivity contribution in [2.45, 2.75) is 0 Å². The molecule has 0 N–H and O–H groups in total. The summed E-state index contributed by atoms with van der Waals surface area (Å²) in [6.45, 7) is 0. The van der Waals surface area contributed by atoms with E-state index in [9.17, 15) is 0 Å². The number of ether oxygens (including phenoxy) is 1. The van der Waals surface area contributed by atoms with Gasteiger partial charge < -0.3 is 4.74 Å². The Morgan fingerprint density at radius 2 is 1.89 bits per heavy atom. The molecule has 44 valence electrons. The van der Waals surface area contributed by atoms with Gasteiger partial charge in [-0.2, -0.15) is 0 Å². The third kappa shape index (κ3) is 2.50. The predicted molar refractivity (Wildman–Crippen MR) is 35.7 cm³/mol. The van der Waals surface area contributed by atoms with Crippen molar-refractivity contribution in [3.63, 3.8) is 0 Å². The molecule has 0 aliphatic carbocycles. The van der Waals surface area contributed by atoms with Gasteiger partial charge in [0.1, 0.15) is 0 Å². The van der Waals surface area contributed by atoms with Crippen molar-refractivity contribution >= 4 is 18.9 Å². The minimum absolute atomic E-state index is 0. The fourth-order valence-electron chi connectivity index (χ4n) is 0.391. The molecule has 0 aliphatic heterocycles. The van der Waals surface area contributed by atoms with Gasteiger partial charge in [-0.15, -0.1) is 0 Å². The molecule has 0 saturated heterocycles. The molecule has 4 heteroatoms. The Kier molecular flexibility index (Phi) is 4.11. The molecule has 0 atom stereocenters. The average molecular weight is 118 g/mol. The topological polar surface area (TPSA) is 35.0 Å². The molecule has 0 amide bonds. The summed E-state index contributed by atoms with van der Waals surface area (Å²) in [5.74, 6) is 0. The molecule has 1 rings (SSSR count). The molecule has 0 radical (unpaired) electrons. The summed E-state index contributed by atoms with van der Waals surface area (Å²) in [7, 11) is 1.54. The summed E-state index contributed by atoms with van der Waals surface area (Å²) < 4.78 is 4.69. The van der Waals surface area contributed by atoms with Crippen molar-refractivity contribution in [3.05, 3.63) is 18.5 Å². The second kappa shape index (κ2) is 4.37. The first-order valence-corrected chi connectivity index (χ1v) is 2.24. The van der Waals surface area contributed by atoms with E-state index in [0.717, 1.165) is 0 Å². The van der Waals surface area contributed by atoms with Gasteiger partial charge in [0.25, 0.3) is 0 Å². The first-order valence-electron chi connectivity index (χ1n) is 2.24. The Labute approximate surface area is 65.6 Å². The van der Waals surface area contributed by atoms with Crippen LogP contribution in [0.4, 0.5) is 0 Å². The van der Waals surface area contributed by atoms with Gasteiger partial charge in [0, 0.05) is 12.4 Å². The van der Waals surface area contributed by atoms with E-state index < -0.39 is 0 Å². The van der Waals surface area contributed by atoms with Crippen LogP contribution in [0.5, 0.6) is 6.01 Å². The number of nitrogens with zero attached hydrogens (tertiary/aromatic N) is 2. The third-order valence-electron chi connectivity index (χ3n) is 0.725. The summed E-state index contributed by atoms with van der Waals surface area (Å²) in [6.07, 6.45) is 3.26. The van der Waals surface area contributed by atoms with Crippen molar-refractivity contribution in [1.82, 2.24) is 9.97 Å². The van der Waals surface area contributed by atoms with Gasteiger partial charge in [-0.3, -0.25) is 0 Å². The van der Waals surface area contributed by atoms with E-state index in [1.807, 2.05) is 0 Å². The summed E-state index contributed by atoms with van der Waals surface area (Å²) in [6, 6.07) is 2.15. The molecule has 1 heterocycles. The SMILES string of the molecule is COc1ncccn1.[LiH]. The van der Waals surface area contributed by atoms with E-state index >= 15 is 0 Å². The second-order valence-electron chi connectivity index (χ2n) is 1.24. The Bertz CT molecular complexity index is 156. The molecule has 0 aliphatic rings. The van der Waals surface area contributed by atoms with Crippen LogP contribution in [-0.2, 0) is 0 Å². The van der Waals surface area contributed by atoms with Crippen LogP contribution in [0.15, 0.2) is 18.5 Å². The Balaban J connectivity index is 0.000000640. The van der Waals surface area contributed by atoms with Gasteiger partial charge in [0.2, 0.25) is 0 Å². The summed E-state index contributed by atoms with van der Waals surface area (Å²) in [4.78, 5) is 7.53. The van der Waals surface area contributed by atoms with Crippen molar-refractivity contribution < 1.29 is 4.74 Å². The van der Waals surface area contributed by atoms with Gasteiger partial charge in [-0.1, -0.05) is 0 Å². The average Bonchev–Trinajstić information content (AvgIpc) is 1.90. The zero-order chi connectivity index (χ0) is 5.82. The minimum atomic E-state index is 0. The number of hydrogen-bond donors (Lipinski definition) is 0. The monoisotopic (exact) mass is 118 g/mol. The summed E-state index contributed by atoms with van der Waals surface area (Å²) in [5, 5.41) is 0. The fraction of sp³-hybridized carbons (Fsp3) is 0.200. The normalized spacial score (nSPS) is 7.67. The fourth-order valence-corrected chi connectivity index (χ4v) is 0.391. The Hall–Kier alpha value is -0.523. The van der Waals surface area contributed by atoms with Crippen LogP contribution < -0.4 is 4.74 Å². The molecule has 0 bridgehead atoms. The zero-order valence-electron chi connectivity index (χ0n) is 4.53. The van der Waals surface area contributed by atoms with E-state index in [1.165, 1.54) is 7.11 Å². The maximum absolute atomic E-state index is 4.69. The van der Waals surface area contributed by atoms with E-state index in [-0.39, 0.29) is 18.9 Å². The van der Waals surface area contributed by atoms with Crippen molar-refractivity contribution in [1.29, 1.82) is 0 Å². The number of methoxy groups -OCH3 is 1. The maximum atomic E-state index is 4.69. The zero-order valence-corrected chi connectivity index (χ0v) is 4.53.